The van der Waals surface area contributed by atoms with E-state index in [1.165, 1.54) is 11.3 Å². The summed E-state index contributed by atoms with van der Waals surface area (Å²) in [7, 11) is 0. The minimum absolute atomic E-state index is 0.336. The van der Waals surface area contributed by atoms with E-state index >= 15 is 0 Å². The quantitative estimate of drug-likeness (QED) is 0.571. The van der Waals surface area contributed by atoms with Crippen LogP contribution in [0.1, 0.15) is 12.5 Å². The van der Waals surface area contributed by atoms with Crippen molar-refractivity contribution in [2.24, 2.45) is 11.8 Å². The number of nitrogens with one attached hydrogen (secondary N) is 1. The van der Waals surface area contributed by atoms with Gasteiger partial charge in [0.05, 0.1) is 17.5 Å². The molecule has 1 aromatic heterocycles. The lowest BCUT2D eigenvalue weighted by Gasteiger charge is -2.19. The van der Waals surface area contributed by atoms with Gasteiger partial charge in [-0.05, 0) is 18.1 Å². The van der Waals surface area contributed by atoms with Crippen molar-refractivity contribution in [2.45, 2.75) is 13.3 Å². The molecule has 3 aromatic rings. The zero-order chi connectivity index (χ0) is 20.1. The fraction of sp³-hybridized carbons (Fsp3) is 0.190. The third-order valence-electron chi connectivity index (χ3n) is 4.51. The molecule has 7 heteroatoms. The van der Waals surface area contributed by atoms with Crippen LogP contribution in [0.2, 0.25) is 5.02 Å². The number of thiazole rings is 1. The second kappa shape index (κ2) is 8.99. The number of hydrogen-bond acceptors (Lipinski definition) is 4. The fourth-order valence-corrected chi connectivity index (χ4v) is 3.80. The number of rotatable bonds is 7. The molecule has 28 heavy (non-hydrogen) atoms. The summed E-state index contributed by atoms with van der Waals surface area (Å²) < 4.78 is 0. The number of amides is 1. The molecule has 1 heterocycles. The molecule has 0 aliphatic carbocycles. The van der Waals surface area contributed by atoms with E-state index in [1.807, 2.05) is 53.9 Å². The third kappa shape index (κ3) is 4.77. The summed E-state index contributed by atoms with van der Waals surface area (Å²) >= 11 is 7.48. The Bertz CT molecular complexity index is 975. The van der Waals surface area contributed by atoms with Crippen LogP contribution in [0, 0.1) is 11.8 Å². The number of hydrogen-bond donors (Lipinski definition) is 2. The van der Waals surface area contributed by atoms with Crippen molar-refractivity contribution >= 4 is 39.9 Å². The summed E-state index contributed by atoms with van der Waals surface area (Å²) in [5.41, 5.74) is 2.35. The Morgan fingerprint density at radius 1 is 1.14 bits per heavy atom. The van der Waals surface area contributed by atoms with Crippen molar-refractivity contribution in [1.82, 2.24) is 4.98 Å². The van der Waals surface area contributed by atoms with E-state index in [-0.39, 0.29) is 5.91 Å². The SMILES string of the molecule is CC(C(=O)O)C(Cc1ccccc1)C(=O)Nc1nc(-c2ccccc2Cl)cs1. The summed E-state index contributed by atoms with van der Waals surface area (Å²) in [4.78, 5) is 28.8. The van der Waals surface area contributed by atoms with Gasteiger partial charge in [0.15, 0.2) is 5.13 Å². The van der Waals surface area contributed by atoms with Gasteiger partial charge in [-0.3, -0.25) is 9.59 Å². The molecule has 0 aliphatic heterocycles. The van der Waals surface area contributed by atoms with E-state index in [9.17, 15) is 14.7 Å². The van der Waals surface area contributed by atoms with E-state index in [4.69, 9.17) is 11.6 Å². The van der Waals surface area contributed by atoms with Gasteiger partial charge in [0.2, 0.25) is 5.91 Å². The van der Waals surface area contributed by atoms with Crippen molar-refractivity contribution in [3.05, 3.63) is 70.6 Å². The van der Waals surface area contributed by atoms with Crippen molar-refractivity contribution < 1.29 is 14.7 Å². The molecule has 3 rings (SSSR count). The number of carbonyl (C=O) groups excluding carboxylic acids is 1. The number of anilines is 1. The van der Waals surface area contributed by atoms with Crippen LogP contribution in [-0.2, 0) is 16.0 Å². The Kier molecular flexibility index (Phi) is 6.44. The predicted octanol–water partition coefficient (Wildman–Crippen LogP) is 4.98. The molecular formula is C21H19ClN2O3S. The molecule has 2 unspecified atom stereocenters. The van der Waals surface area contributed by atoms with Gasteiger partial charge in [-0.1, -0.05) is 67.1 Å². The summed E-state index contributed by atoms with van der Waals surface area (Å²) in [6, 6.07) is 16.7. The molecule has 2 aromatic carbocycles. The second-order valence-electron chi connectivity index (χ2n) is 6.43. The zero-order valence-electron chi connectivity index (χ0n) is 15.1. The first kappa shape index (κ1) is 20.0. The third-order valence-corrected chi connectivity index (χ3v) is 5.60. The van der Waals surface area contributed by atoms with Gasteiger partial charge in [0.1, 0.15) is 0 Å². The molecule has 0 fully saturated rings. The van der Waals surface area contributed by atoms with E-state index < -0.39 is 17.8 Å². The maximum absolute atomic E-state index is 12.8. The van der Waals surface area contributed by atoms with Crippen molar-refractivity contribution in [3.8, 4) is 11.3 Å². The van der Waals surface area contributed by atoms with E-state index in [0.717, 1.165) is 11.1 Å². The van der Waals surface area contributed by atoms with Gasteiger partial charge in [-0.15, -0.1) is 11.3 Å². The minimum atomic E-state index is -1.01. The first-order chi connectivity index (χ1) is 13.5. The Hall–Kier alpha value is -2.70. The van der Waals surface area contributed by atoms with Crippen LogP contribution >= 0.6 is 22.9 Å². The Labute approximate surface area is 172 Å². The predicted molar refractivity (Wildman–Crippen MR) is 112 cm³/mol. The topological polar surface area (TPSA) is 79.3 Å². The summed E-state index contributed by atoms with van der Waals surface area (Å²) in [5.74, 6) is -2.92. The maximum atomic E-state index is 12.8. The van der Waals surface area contributed by atoms with Gasteiger partial charge >= 0.3 is 5.97 Å². The molecule has 144 valence electrons. The highest BCUT2D eigenvalue weighted by Gasteiger charge is 2.30. The number of aliphatic carboxylic acids is 1. The highest BCUT2D eigenvalue weighted by Crippen LogP contribution is 2.31. The lowest BCUT2D eigenvalue weighted by atomic mass is 9.87. The van der Waals surface area contributed by atoms with Crippen LogP contribution < -0.4 is 5.32 Å². The van der Waals surface area contributed by atoms with Crippen molar-refractivity contribution in [3.63, 3.8) is 0 Å². The summed E-state index contributed by atoms with van der Waals surface area (Å²) in [6.07, 6.45) is 0.336. The molecule has 0 saturated carbocycles. The highest BCUT2D eigenvalue weighted by molar-refractivity contribution is 7.14. The van der Waals surface area contributed by atoms with Crippen LogP contribution in [0.4, 0.5) is 5.13 Å². The molecule has 0 spiro atoms. The molecule has 2 atom stereocenters. The number of aromatic nitrogens is 1. The smallest absolute Gasteiger partial charge is 0.307 e. The Morgan fingerprint density at radius 3 is 2.50 bits per heavy atom. The molecule has 1 amide bonds. The second-order valence-corrected chi connectivity index (χ2v) is 7.70. The number of carboxylic acids is 1. The Morgan fingerprint density at radius 2 is 1.82 bits per heavy atom. The molecule has 0 radical (unpaired) electrons. The van der Waals surface area contributed by atoms with Crippen molar-refractivity contribution in [1.29, 1.82) is 0 Å². The molecule has 5 nitrogen and oxygen atoms in total. The van der Waals surface area contributed by atoms with Crippen LogP contribution in [0.15, 0.2) is 60.0 Å². The van der Waals surface area contributed by atoms with Crippen LogP contribution in [0.3, 0.4) is 0 Å². The number of carboxylic acid groups (broad SMARTS) is 1. The van der Waals surface area contributed by atoms with E-state index in [0.29, 0.717) is 22.3 Å². The van der Waals surface area contributed by atoms with Crippen LogP contribution in [-0.4, -0.2) is 22.0 Å². The van der Waals surface area contributed by atoms with E-state index in [1.54, 1.807) is 13.0 Å². The van der Waals surface area contributed by atoms with E-state index in [2.05, 4.69) is 10.3 Å². The molecular weight excluding hydrogens is 396 g/mol. The Balaban J connectivity index is 1.78. The number of halogens is 1. The average Bonchev–Trinajstić information content (AvgIpc) is 3.14. The highest BCUT2D eigenvalue weighted by atomic mass is 35.5. The van der Waals surface area contributed by atoms with Crippen LogP contribution in [0.5, 0.6) is 0 Å². The lowest BCUT2D eigenvalue weighted by Crippen LogP contribution is -2.33. The molecule has 0 saturated heterocycles. The lowest BCUT2D eigenvalue weighted by molar-refractivity contribution is -0.145. The molecule has 2 N–H and O–H groups in total. The number of nitrogens with zero attached hydrogens (tertiary/aromatic N) is 1. The first-order valence-corrected chi connectivity index (χ1v) is 9.99. The van der Waals surface area contributed by atoms with Gasteiger partial charge < -0.3 is 10.4 Å². The molecule has 0 aliphatic rings. The largest absolute Gasteiger partial charge is 0.481 e. The summed E-state index contributed by atoms with van der Waals surface area (Å²) in [5, 5.41) is 15.0. The number of benzene rings is 2. The minimum Gasteiger partial charge on any atom is -0.481 e. The van der Waals surface area contributed by atoms with Gasteiger partial charge in [-0.2, -0.15) is 0 Å². The fourth-order valence-electron chi connectivity index (χ4n) is 2.86. The standard InChI is InChI=1S/C21H19ClN2O3S/c1-13(20(26)27)16(11-14-7-3-2-4-8-14)19(25)24-21-23-18(12-28-21)15-9-5-6-10-17(15)22/h2-10,12-13,16H,11H2,1H3,(H,26,27)(H,23,24,25). The average molecular weight is 415 g/mol. The van der Waals surface area contributed by atoms with Gasteiger partial charge in [0, 0.05) is 16.0 Å². The van der Waals surface area contributed by atoms with Crippen LogP contribution in [0.25, 0.3) is 11.3 Å². The zero-order valence-corrected chi connectivity index (χ0v) is 16.7. The normalized spacial score (nSPS) is 12.9. The van der Waals surface area contributed by atoms with Crippen molar-refractivity contribution in [2.75, 3.05) is 5.32 Å². The van der Waals surface area contributed by atoms with Gasteiger partial charge in [0.25, 0.3) is 0 Å². The molecule has 0 bridgehead atoms. The maximum Gasteiger partial charge on any atom is 0.307 e. The monoisotopic (exact) mass is 414 g/mol. The first-order valence-electron chi connectivity index (χ1n) is 8.73. The number of carbonyl (C=O) groups is 2. The summed E-state index contributed by atoms with van der Waals surface area (Å²) in [6.45, 7) is 1.55. The van der Waals surface area contributed by atoms with Gasteiger partial charge in [-0.25, -0.2) is 4.98 Å².